The summed E-state index contributed by atoms with van der Waals surface area (Å²) in [4.78, 5) is 23.0. The highest BCUT2D eigenvalue weighted by atomic mass is 35.5. The van der Waals surface area contributed by atoms with Crippen molar-refractivity contribution in [1.29, 1.82) is 0 Å². The number of primary amides is 1. The Bertz CT molecular complexity index is 772. The van der Waals surface area contributed by atoms with Gasteiger partial charge in [-0.1, -0.05) is 23.7 Å². The van der Waals surface area contributed by atoms with Crippen molar-refractivity contribution in [1.82, 2.24) is 0 Å². The van der Waals surface area contributed by atoms with Crippen LogP contribution in [0.1, 0.15) is 15.9 Å². The van der Waals surface area contributed by atoms with Gasteiger partial charge in [0.2, 0.25) is 11.8 Å². The number of carbonyl (C=O) groups excluding carboxylic acids is 2. The number of carbonyl (C=O) groups is 2. The molecule has 0 spiro atoms. The number of nitrogens with one attached hydrogen (secondary N) is 1. The minimum absolute atomic E-state index is 0.328. The van der Waals surface area contributed by atoms with Crippen molar-refractivity contribution < 1.29 is 14.3 Å². The number of methoxy groups -OCH3 is 1. The second-order valence-corrected chi connectivity index (χ2v) is 5.07. The first-order valence-electron chi connectivity index (χ1n) is 6.72. The van der Waals surface area contributed by atoms with Gasteiger partial charge in [-0.05, 0) is 42.0 Å². The molecule has 118 valence electrons. The van der Waals surface area contributed by atoms with E-state index in [0.717, 1.165) is 5.56 Å². The Balaban J connectivity index is 2.05. The Kier molecular flexibility index (Phi) is 5.38. The number of hydrogen-bond donors (Lipinski definition) is 2. The second kappa shape index (κ2) is 7.47. The van der Waals surface area contributed by atoms with Crippen LogP contribution < -0.4 is 15.8 Å². The summed E-state index contributed by atoms with van der Waals surface area (Å²) < 4.78 is 5.06. The van der Waals surface area contributed by atoms with Crippen molar-refractivity contribution >= 4 is 35.2 Å². The molecule has 0 aliphatic rings. The van der Waals surface area contributed by atoms with Crippen LogP contribution in [0.5, 0.6) is 5.75 Å². The maximum atomic E-state index is 11.9. The first-order valence-corrected chi connectivity index (χ1v) is 7.10. The molecular weight excluding hydrogens is 316 g/mol. The Morgan fingerprint density at radius 2 is 2.00 bits per heavy atom. The van der Waals surface area contributed by atoms with Crippen molar-refractivity contribution in [2.45, 2.75) is 0 Å². The lowest BCUT2D eigenvalue weighted by Gasteiger charge is -2.04. The van der Waals surface area contributed by atoms with E-state index in [-0.39, 0.29) is 5.91 Å². The highest BCUT2D eigenvalue weighted by Crippen LogP contribution is 2.25. The number of anilines is 1. The number of benzene rings is 2. The minimum atomic E-state index is -0.551. The molecule has 2 amide bonds. The standard InChI is InChI=1S/C17H15ClN2O3/c1-23-15-7-5-11(9-14(15)18)6-8-16(21)20-13-4-2-3-12(10-13)17(19)22/h2-10H,1H3,(H2,19,22)(H,20,21)/b8-6+. The molecule has 3 N–H and O–H groups in total. The fourth-order valence-electron chi connectivity index (χ4n) is 1.89. The lowest BCUT2D eigenvalue weighted by atomic mass is 10.2. The van der Waals surface area contributed by atoms with Crippen LogP contribution in [0.4, 0.5) is 5.69 Å². The highest BCUT2D eigenvalue weighted by molar-refractivity contribution is 6.32. The number of rotatable bonds is 5. The summed E-state index contributed by atoms with van der Waals surface area (Å²) in [7, 11) is 1.53. The Morgan fingerprint density at radius 3 is 2.65 bits per heavy atom. The molecule has 0 bridgehead atoms. The summed E-state index contributed by atoms with van der Waals surface area (Å²) in [5, 5.41) is 3.12. The van der Waals surface area contributed by atoms with Gasteiger partial charge in [0.1, 0.15) is 5.75 Å². The number of amides is 2. The largest absolute Gasteiger partial charge is 0.495 e. The second-order valence-electron chi connectivity index (χ2n) is 4.66. The van der Waals surface area contributed by atoms with Gasteiger partial charge in [0, 0.05) is 17.3 Å². The van der Waals surface area contributed by atoms with Gasteiger partial charge in [-0.2, -0.15) is 0 Å². The van der Waals surface area contributed by atoms with Crippen LogP contribution >= 0.6 is 11.6 Å². The summed E-state index contributed by atoms with van der Waals surface area (Å²) in [6, 6.07) is 11.6. The Morgan fingerprint density at radius 1 is 1.22 bits per heavy atom. The van der Waals surface area contributed by atoms with E-state index in [4.69, 9.17) is 22.1 Å². The van der Waals surface area contributed by atoms with Crippen LogP contribution in [-0.2, 0) is 4.79 Å². The SMILES string of the molecule is COc1ccc(/C=C/C(=O)Nc2cccc(C(N)=O)c2)cc1Cl. The highest BCUT2D eigenvalue weighted by Gasteiger charge is 2.04. The molecule has 6 heteroatoms. The summed E-state index contributed by atoms with van der Waals surface area (Å²) in [5.41, 5.74) is 6.78. The summed E-state index contributed by atoms with van der Waals surface area (Å²) in [6.07, 6.45) is 2.99. The van der Waals surface area contributed by atoms with E-state index in [2.05, 4.69) is 5.32 Å². The topological polar surface area (TPSA) is 81.4 Å². The van der Waals surface area contributed by atoms with Crippen LogP contribution in [0.15, 0.2) is 48.5 Å². The molecule has 0 saturated carbocycles. The fourth-order valence-corrected chi connectivity index (χ4v) is 2.16. The summed E-state index contributed by atoms with van der Waals surface area (Å²) in [5.74, 6) is -0.320. The fraction of sp³-hybridized carbons (Fsp3) is 0.0588. The van der Waals surface area contributed by atoms with Crippen LogP contribution in [0.25, 0.3) is 6.08 Å². The van der Waals surface area contributed by atoms with Crippen molar-refractivity contribution in [3.8, 4) is 5.75 Å². The Labute approximate surface area is 138 Å². The molecule has 2 aromatic rings. The predicted octanol–water partition coefficient (Wildman–Crippen LogP) is 3.10. The van der Waals surface area contributed by atoms with Gasteiger partial charge in [0.15, 0.2) is 0 Å². The third-order valence-corrected chi connectivity index (χ3v) is 3.31. The molecule has 0 fully saturated rings. The molecule has 0 aliphatic heterocycles. The van der Waals surface area contributed by atoms with Crippen molar-refractivity contribution in [3.05, 3.63) is 64.7 Å². The summed E-state index contributed by atoms with van der Waals surface area (Å²) in [6.45, 7) is 0. The van der Waals surface area contributed by atoms with Crippen LogP contribution in [0.2, 0.25) is 5.02 Å². The van der Waals surface area contributed by atoms with E-state index in [1.807, 2.05) is 0 Å². The molecule has 5 nitrogen and oxygen atoms in total. The molecule has 0 atom stereocenters. The average molecular weight is 331 g/mol. The maximum absolute atomic E-state index is 11.9. The molecule has 0 heterocycles. The van der Waals surface area contributed by atoms with Gasteiger partial charge in [-0.25, -0.2) is 0 Å². The van der Waals surface area contributed by atoms with Gasteiger partial charge in [-0.3, -0.25) is 9.59 Å². The molecule has 0 radical (unpaired) electrons. The quantitative estimate of drug-likeness (QED) is 0.826. The number of hydrogen-bond acceptors (Lipinski definition) is 3. The molecule has 0 unspecified atom stereocenters. The zero-order valence-electron chi connectivity index (χ0n) is 12.4. The van der Waals surface area contributed by atoms with Gasteiger partial charge in [-0.15, -0.1) is 0 Å². The van der Waals surface area contributed by atoms with E-state index in [9.17, 15) is 9.59 Å². The van der Waals surface area contributed by atoms with Crippen molar-refractivity contribution in [3.63, 3.8) is 0 Å². The van der Waals surface area contributed by atoms with Gasteiger partial charge in [0.05, 0.1) is 12.1 Å². The minimum Gasteiger partial charge on any atom is -0.495 e. The van der Waals surface area contributed by atoms with Crippen LogP contribution in [0, 0.1) is 0 Å². The van der Waals surface area contributed by atoms with E-state index < -0.39 is 5.91 Å². The lowest BCUT2D eigenvalue weighted by Crippen LogP contribution is -2.12. The molecule has 2 aromatic carbocycles. The molecule has 2 rings (SSSR count). The van der Waals surface area contributed by atoms with E-state index in [0.29, 0.717) is 22.0 Å². The van der Waals surface area contributed by atoms with Gasteiger partial charge in [0.25, 0.3) is 0 Å². The Hall–Kier alpha value is -2.79. The molecule has 23 heavy (non-hydrogen) atoms. The monoisotopic (exact) mass is 330 g/mol. The molecule has 0 aromatic heterocycles. The van der Waals surface area contributed by atoms with Crippen LogP contribution in [-0.4, -0.2) is 18.9 Å². The molecule has 0 aliphatic carbocycles. The first-order chi connectivity index (χ1) is 11.0. The van der Waals surface area contributed by atoms with Crippen molar-refractivity contribution in [2.75, 3.05) is 12.4 Å². The number of halogens is 1. The van der Waals surface area contributed by atoms with Crippen molar-refractivity contribution in [2.24, 2.45) is 5.73 Å². The zero-order valence-corrected chi connectivity index (χ0v) is 13.1. The third-order valence-electron chi connectivity index (χ3n) is 3.02. The summed E-state index contributed by atoms with van der Waals surface area (Å²) >= 11 is 6.02. The third kappa shape index (κ3) is 4.59. The maximum Gasteiger partial charge on any atom is 0.248 e. The van der Waals surface area contributed by atoms with E-state index >= 15 is 0 Å². The molecular formula is C17H15ClN2O3. The van der Waals surface area contributed by atoms with Crippen LogP contribution in [0.3, 0.4) is 0 Å². The van der Waals surface area contributed by atoms with Gasteiger partial charge >= 0.3 is 0 Å². The normalized spacial score (nSPS) is 10.5. The average Bonchev–Trinajstić information content (AvgIpc) is 2.53. The smallest absolute Gasteiger partial charge is 0.248 e. The zero-order chi connectivity index (χ0) is 16.8. The predicted molar refractivity (Wildman–Crippen MR) is 90.6 cm³/mol. The molecule has 0 saturated heterocycles. The number of ether oxygens (including phenoxy) is 1. The lowest BCUT2D eigenvalue weighted by molar-refractivity contribution is -0.111. The number of nitrogens with two attached hydrogens (primary N) is 1. The van der Waals surface area contributed by atoms with E-state index in [1.54, 1.807) is 42.5 Å². The van der Waals surface area contributed by atoms with Gasteiger partial charge < -0.3 is 15.8 Å². The first kappa shape index (κ1) is 16.6. The van der Waals surface area contributed by atoms with E-state index in [1.165, 1.54) is 19.3 Å².